The lowest BCUT2D eigenvalue weighted by atomic mass is 9.60. The topological polar surface area (TPSA) is 61.8 Å². The first kappa shape index (κ1) is 19.8. The van der Waals surface area contributed by atoms with E-state index >= 15 is 0 Å². The van der Waals surface area contributed by atoms with Gasteiger partial charge in [-0.05, 0) is 70.5 Å². The smallest absolute Gasteiger partial charge is 0.312 e. The van der Waals surface area contributed by atoms with E-state index in [-0.39, 0.29) is 41.2 Å². The molecule has 0 radical (unpaired) electrons. The summed E-state index contributed by atoms with van der Waals surface area (Å²) in [6.45, 7) is 13.2. The minimum Gasteiger partial charge on any atom is -0.469 e. The van der Waals surface area contributed by atoms with Gasteiger partial charge in [-0.3, -0.25) is 9.59 Å². The fourth-order valence-corrected chi connectivity index (χ4v) is 9.52. The van der Waals surface area contributed by atoms with Crippen molar-refractivity contribution in [3.8, 4) is 0 Å². The van der Waals surface area contributed by atoms with Gasteiger partial charge in [0.15, 0.2) is 8.32 Å². The van der Waals surface area contributed by atoms with Gasteiger partial charge in [-0.2, -0.15) is 0 Å². The second-order valence-electron chi connectivity index (χ2n) is 11.5. The molecule has 160 valence electrons. The van der Waals surface area contributed by atoms with Crippen molar-refractivity contribution in [2.45, 2.75) is 76.8 Å². The normalized spacial score (nSPS) is 50.2. The zero-order valence-electron chi connectivity index (χ0n) is 18.4. The van der Waals surface area contributed by atoms with E-state index in [9.17, 15) is 9.59 Å². The van der Waals surface area contributed by atoms with Gasteiger partial charge in [-0.1, -0.05) is 12.2 Å². The van der Waals surface area contributed by atoms with E-state index in [2.05, 4.69) is 26.2 Å². The van der Waals surface area contributed by atoms with Gasteiger partial charge in [0, 0.05) is 17.8 Å². The Hall–Kier alpha value is -1.14. The van der Waals surface area contributed by atoms with Crippen LogP contribution in [0.5, 0.6) is 0 Å². The van der Waals surface area contributed by atoms with Gasteiger partial charge in [0.25, 0.3) is 0 Å². The third kappa shape index (κ3) is 2.30. The third-order valence-corrected chi connectivity index (χ3v) is 10.0. The number of rotatable bonds is 3. The van der Waals surface area contributed by atoms with Crippen LogP contribution < -0.4 is 0 Å². The maximum Gasteiger partial charge on any atom is 0.312 e. The summed E-state index contributed by atoms with van der Waals surface area (Å²) in [7, 11) is -0.260. The Kier molecular flexibility index (Phi) is 3.93. The van der Waals surface area contributed by atoms with Gasteiger partial charge in [-0.25, -0.2) is 0 Å². The summed E-state index contributed by atoms with van der Waals surface area (Å²) in [6.07, 6.45) is 5.36. The molecule has 5 aliphatic rings. The molecule has 1 spiro atoms. The van der Waals surface area contributed by atoms with Crippen LogP contribution in [0.25, 0.3) is 0 Å². The quantitative estimate of drug-likeness (QED) is 0.393. The number of esters is 2. The summed E-state index contributed by atoms with van der Waals surface area (Å²) in [5.41, 5.74) is -0.116. The first-order chi connectivity index (χ1) is 13.5. The largest absolute Gasteiger partial charge is 0.469 e. The van der Waals surface area contributed by atoms with Crippen molar-refractivity contribution in [3.63, 3.8) is 0 Å². The Bertz CT molecular complexity index is 802. The summed E-state index contributed by atoms with van der Waals surface area (Å²) in [5, 5.41) is 0. The van der Waals surface area contributed by atoms with Gasteiger partial charge in [0.2, 0.25) is 0 Å². The highest BCUT2D eigenvalue weighted by molar-refractivity contribution is 6.69. The van der Waals surface area contributed by atoms with Crippen molar-refractivity contribution in [1.82, 2.24) is 0 Å². The first-order valence-electron chi connectivity index (χ1n) is 11.2. The molecule has 5 fully saturated rings. The molecule has 4 aliphatic carbocycles. The van der Waals surface area contributed by atoms with E-state index in [0.29, 0.717) is 5.92 Å². The highest BCUT2D eigenvalue weighted by atomic mass is 28.4. The van der Waals surface area contributed by atoms with Gasteiger partial charge in [-0.15, -0.1) is 0 Å². The first-order valence-corrected chi connectivity index (χ1v) is 14.6. The molecule has 4 bridgehead atoms. The molecular weight excluding hydrogens is 384 g/mol. The molecule has 2 unspecified atom stereocenters. The fraction of sp³-hybridized carbons (Fsp3) is 0.826. The van der Waals surface area contributed by atoms with Gasteiger partial charge < -0.3 is 13.9 Å². The monoisotopic (exact) mass is 418 g/mol. The van der Waals surface area contributed by atoms with Crippen molar-refractivity contribution in [1.29, 1.82) is 0 Å². The Morgan fingerprint density at radius 3 is 2.66 bits per heavy atom. The molecule has 8 atom stereocenters. The molecular formula is C23H34O5Si. The van der Waals surface area contributed by atoms with Gasteiger partial charge >= 0.3 is 11.9 Å². The van der Waals surface area contributed by atoms with Crippen molar-refractivity contribution >= 4 is 20.3 Å². The Morgan fingerprint density at radius 1 is 1.28 bits per heavy atom. The van der Waals surface area contributed by atoms with Crippen molar-refractivity contribution in [3.05, 3.63) is 12.2 Å². The molecule has 0 aromatic heterocycles. The Labute approximate surface area is 174 Å². The van der Waals surface area contributed by atoms with Gasteiger partial charge in [0.1, 0.15) is 5.60 Å². The summed E-state index contributed by atoms with van der Waals surface area (Å²) < 4.78 is 18.4. The number of hydrogen-bond donors (Lipinski definition) is 0. The van der Waals surface area contributed by atoms with Crippen LogP contribution in [0.4, 0.5) is 0 Å². The van der Waals surface area contributed by atoms with Crippen LogP contribution in [0.1, 0.15) is 45.4 Å². The lowest BCUT2D eigenvalue weighted by molar-refractivity contribution is -0.163. The highest BCUT2D eigenvalue weighted by Gasteiger charge is 2.82. The van der Waals surface area contributed by atoms with Crippen LogP contribution in [0.3, 0.4) is 0 Å². The highest BCUT2D eigenvalue weighted by Crippen LogP contribution is 2.78. The van der Waals surface area contributed by atoms with Crippen LogP contribution in [0, 0.1) is 34.5 Å². The number of ether oxygens (including phenoxy) is 2. The van der Waals surface area contributed by atoms with Crippen LogP contribution in [-0.4, -0.2) is 39.1 Å². The van der Waals surface area contributed by atoms with Gasteiger partial charge in [0.05, 0.1) is 24.5 Å². The summed E-state index contributed by atoms with van der Waals surface area (Å²) in [6, 6.07) is 0. The average molecular weight is 419 g/mol. The molecule has 1 aliphatic heterocycles. The minimum absolute atomic E-state index is 0.0918. The van der Waals surface area contributed by atoms with E-state index in [1.807, 2.05) is 6.92 Å². The van der Waals surface area contributed by atoms with E-state index in [4.69, 9.17) is 13.9 Å². The second-order valence-corrected chi connectivity index (χ2v) is 16.0. The predicted molar refractivity (Wildman–Crippen MR) is 110 cm³/mol. The molecule has 0 amide bonds. The summed E-state index contributed by atoms with van der Waals surface area (Å²) >= 11 is 0. The van der Waals surface area contributed by atoms with Crippen molar-refractivity contribution in [2.24, 2.45) is 34.5 Å². The van der Waals surface area contributed by atoms with Crippen LogP contribution in [0.15, 0.2) is 12.2 Å². The molecule has 1 heterocycles. The van der Waals surface area contributed by atoms with Crippen LogP contribution in [0.2, 0.25) is 19.6 Å². The van der Waals surface area contributed by atoms with E-state index in [1.165, 1.54) is 12.7 Å². The molecule has 6 heteroatoms. The minimum atomic E-state index is -1.74. The molecule has 29 heavy (non-hydrogen) atoms. The zero-order chi connectivity index (χ0) is 21.0. The summed E-state index contributed by atoms with van der Waals surface area (Å²) in [4.78, 5) is 26.3. The average Bonchev–Trinajstić information content (AvgIpc) is 3.08. The van der Waals surface area contributed by atoms with E-state index in [0.717, 1.165) is 38.5 Å². The summed E-state index contributed by atoms with van der Waals surface area (Å²) in [5.74, 6) is -0.206. The maximum absolute atomic E-state index is 13.2. The fourth-order valence-electron chi connectivity index (χ4n) is 8.35. The molecule has 1 saturated heterocycles. The van der Waals surface area contributed by atoms with E-state index < -0.39 is 19.3 Å². The Balaban J connectivity index is 1.66. The number of methoxy groups -OCH3 is 1. The zero-order valence-corrected chi connectivity index (χ0v) is 19.4. The predicted octanol–water partition coefficient (Wildman–Crippen LogP) is 4.08. The van der Waals surface area contributed by atoms with E-state index in [1.54, 1.807) is 0 Å². The lowest BCUT2D eigenvalue weighted by Gasteiger charge is -2.47. The standard InChI is InChI=1S/C23H34O5Si/c1-13-11-22-12-14(13)15(28-29(4,5)6)10-16(22)23-9-7-8-21(2,20(25)27-23)18(23)17(22)19(24)26-3/h14-18H,1,7-12H2,2-6H3/t14?,15-,16+,17+,18+,21?,22-,23+/m0/s1. The SMILES string of the molecule is C=C1C[C@]23CC1[C@@H](O[Si](C)(C)C)C[C@H]2[C@@]12CCCC(C)(C(=O)O1)[C@H]2[C@@H]3C(=O)OC. The third-order valence-electron chi connectivity index (χ3n) is 9.02. The molecule has 4 saturated carbocycles. The molecule has 5 nitrogen and oxygen atoms in total. The van der Waals surface area contributed by atoms with Crippen LogP contribution >= 0.6 is 0 Å². The molecule has 5 rings (SSSR count). The Morgan fingerprint density at radius 2 is 2.00 bits per heavy atom. The second kappa shape index (κ2) is 5.76. The number of carbonyl (C=O) groups excluding carboxylic acids is 2. The van der Waals surface area contributed by atoms with Crippen molar-refractivity contribution in [2.75, 3.05) is 7.11 Å². The molecule has 0 N–H and O–H groups in total. The number of hydrogen-bond acceptors (Lipinski definition) is 5. The lowest BCUT2D eigenvalue weighted by Crippen LogP contribution is -2.50. The molecule has 0 aromatic carbocycles. The molecule has 0 aromatic rings. The van der Waals surface area contributed by atoms with Crippen molar-refractivity contribution < 1.29 is 23.5 Å². The number of carbonyl (C=O) groups is 2. The number of fused-ring (bicyclic) bond motifs is 1. The maximum atomic E-state index is 13.2. The van der Waals surface area contributed by atoms with Crippen LogP contribution in [-0.2, 0) is 23.5 Å².